The average Bonchev–Trinajstić information content (AvgIpc) is 2.74. The Balaban J connectivity index is 1.83. The van der Waals surface area contributed by atoms with Crippen molar-refractivity contribution in [1.82, 2.24) is 5.32 Å². The van der Waals surface area contributed by atoms with Crippen LogP contribution in [0.4, 0.5) is 17.1 Å². The molecule has 2 aromatic rings. The Bertz CT molecular complexity index is 1010. The maximum atomic E-state index is 12.9. The molecule has 1 amide bonds. The summed E-state index contributed by atoms with van der Waals surface area (Å²) in [7, 11) is 0. The number of para-hydroxylation sites is 1. The van der Waals surface area contributed by atoms with Crippen molar-refractivity contribution >= 4 is 46.3 Å². The van der Waals surface area contributed by atoms with Gasteiger partial charge in [-0.25, -0.2) is 4.79 Å². The first-order chi connectivity index (χ1) is 14.4. The Morgan fingerprint density at radius 3 is 2.50 bits per heavy atom. The number of benzene rings is 2. The maximum absolute atomic E-state index is 12.9. The smallest absolute Gasteiger partial charge is 0.337 e. The number of anilines is 2. The molecule has 3 rings (SSSR count). The van der Waals surface area contributed by atoms with Gasteiger partial charge in [0.15, 0.2) is 5.11 Å². The number of nitrogens with one attached hydrogen (secondary N) is 2. The highest BCUT2D eigenvalue weighted by Crippen LogP contribution is 2.26. The number of non-ortho nitro benzene ring substituents is 1. The van der Waals surface area contributed by atoms with Crippen LogP contribution in [0.5, 0.6) is 0 Å². The molecule has 1 heterocycles. The largest absolute Gasteiger partial charge is 0.478 e. The van der Waals surface area contributed by atoms with Crippen LogP contribution in [0.15, 0.2) is 42.5 Å². The molecule has 1 aliphatic rings. The Hall–Kier alpha value is -3.57. The molecule has 0 bridgehead atoms. The van der Waals surface area contributed by atoms with Crippen LogP contribution in [0.3, 0.4) is 0 Å². The van der Waals surface area contributed by atoms with Crippen molar-refractivity contribution < 1.29 is 24.4 Å². The van der Waals surface area contributed by atoms with E-state index in [-0.39, 0.29) is 27.6 Å². The fraction of sp³-hybridized carbons (Fsp3) is 0.211. The number of carbonyl (C=O) groups is 2. The van der Waals surface area contributed by atoms with Crippen molar-refractivity contribution in [3.63, 3.8) is 0 Å². The second-order valence-electron chi connectivity index (χ2n) is 6.32. The number of nitro groups is 1. The summed E-state index contributed by atoms with van der Waals surface area (Å²) in [6, 6.07) is 10.1. The second-order valence-corrected chi connectivity index (χ2v) is 6.73. The van der Waals surface area contributed by atoms with E-state index in [1.165, 1.54) is 30.3 Å². The Morgan fingerprint density at radius 2 is 1.83 bits per heavy atom. The maximum Gasteiger partial charge on any atom is 0.337 e. The molecule has 10 nitrogen and oxygen atoms in total. The molecule has 1 fully saturated rings. The summed E-state index contributed by atoms with van der Waals surface area (Å²) < 4.78 is 5.32. The van der Waals surface area contributed by atoms with Crippen LogP contribution in [0.2, 0.25) is 0 Å². The molecule has 156 valence electrons. The highest BCUT2D eigenvalue weighted by molar-refractivity contribution is 7.80. The standard InChI is InChI=1S/C19H18N4O6S/c24-17(21-19(30)20-15-4-2-1-3-13(15)18(25)26)14-11-12(23(27)28)5-6-16(14)22-7-9-29-10-8-22/h1-6,11H,7-10H2,(H,25,26)(H2,20,21,24,30). The molecule has 1 saturated heterocycles. The first-order valence-corrected chi connectivity index (χ1v) is 9.33. The molecule has 0 radical (unpaired) electrons. The lowest BCUT2D eigenvalue weighted by atomic mass is 10.1. The van der Waals surface area contributed by atoms with Gasteiger partial charge in [0, 0.05) is 25.2 Å². The van der Waals surface area contributed by atoms with Crippen LogP contribution in [-0.2, 0) is 4.74 Å². The number of morpholine rings is 1. The zero-order valence-electron chi connectivity index (χ0n) is 15.7. The Kier molecular flexibility index (Phi) is 6.54. The number of ether oxygens (including phenoxy) is 1. The zero-order chi connectivity index (χ0) is 21.7. The number of carbonyl (C=O) groups excluding carboxylic acids is 1. The zero-order valence-corrected chi connectivity index (χ0v) is 16.5. The van der Waals surface area contributed by atoms with Gasteiger partial charge >= 0.3 is 5.97 Å². The molecular weight excluding hydrogens is 412 g/mol. The number of rotatable bonds is 5. The number of nitrogens with zero attached hydrogens (tertiary/aromatic N) is 2. The van der Waals surface area contributed by atoms with Crippen molar-refractivity contribution in [2.45, 2.75) is 0 Å². The molecule has 2 aromatic carbocycles. The SMILES string of the molecule is O=C(O)c1ccccc1NC(=S)NC(=O)c1cc([N+](=O)[O-])ccc1N1CCOCC1. The number of carboxylic acids is 1. The van der Waals surface area contributed by atoms with Crippen LogP contribution in [0.1, 0.15) is 20.7 Å². The minimum Gasteiger partial charge on any atom is -0.478 e. The van der Waals surface area contributed by atoms with E-state index < -0.39 is 16.8 Å². The third-order valence-corrected chi connectivity index (χ3v) is 4.62. The fourth-order valence-corrected chi connectivity index (χ4v) is 3.20. The lowest BCUT2D eigenvalue weighted by Gasteiger charge is -2.30. The van der Waals surface area contributed by atoms with E-state index in [4.69, 9.17) is 17.0 Å². The molecule has 0 aromatic heterocycles. The van der Waals surface area contributed by atoms with E-state index in [0.29, 0.717) is 32.0 Å². The van der Waals surface area contributed by atoms with E-state index in [0.717, 1.165) is 0 Å². The summed E-state index contributed by atoms with van der Waals surface area (Å²) in [6.45, 7) is 2.02. The van der Waals surface area contributed by atoms with Crippen molar-refractivity contribution in [2.75, 3.05) is 36.5 Å². The van der Waals surface area contributed by atoms with Gasteiger partial charge in [-0.1, -0.05) is 12.1 Å². The molecule has 1 aliphatic heterocycles. The number of thiocarbonyl (C=S) groups is 1. The van der Waals surface area contributed by atoms with Crippen LogP contribution < -0.4 is 15.5 Å². The molecule has 3 N–H and O–H groups in total. The molecule has 0 saturated carbocycles. The van der Waals surface area contributed by atoms with E-state index >= 15 is 0 Å². The molecule has 0 aliphatic carbocycles. The minimum atomic E-state index is -1.15. The van der Waals surface area contributed by atoms with Crippen LogP contribution >= 0.6 is 12.2 Å². The van der Waals surface area contributed by atoms with E-state index in [1.54, 1.807) is 12.1 Å². The number of aromatic carboxylic acids is 1. The first-order valence-electron chi connectivity index (χ1n) is 8.92. The summed E-state index contributed by atoms with van der Waals surface area (Å²) >= 11 is 5.14. The van der Waals surface area contributed by atoms with Crippen LogP contribution in [0.25, 0.3) is 0 Å². The summed E-state index contributed by atoms with van der Waals surface area (Å²) in [6.07, 6.45) is 0. The molecular formula is C19H18N4O6S. The van der Waals surface area contributed by atoms with Gasteiger partial charge < -0.3 is 20.1 Å². The summed E-state index contributed by atoms with van der Waals surface area (Å²) in [5.74, 6) is -1.80. The average molecular weight is 430 g/mol. The quantitative estimate of drug-likeness (QED) is 0.371. The van der Waals surface area contributed by atoms with E-state index in [9.17, 15) is 24.8 Å². The van der Waals surface area contributed by atoms with Crippen LogP contribution in [0, 0.1) is 10.1 Å². The molecule has 0 spiro atoms. The van der Waals surface area contributed by atoms with Gasteiger partial charge in [0.1, 0.15) is 0 Å². The number of hydrogen-bond donors (Lipinski definition) is 3. The topological polar surface area (TPSA) is 134 Å². The van der Waals surface area contributed by atoms with Gasteiger partial charge in [0.25, 0.3) is 11.6 Å². The number of hydrogen-bond acceptors (Lipinski definition) is 7. The second kappa shape index (κ2) is 9.29. The van der Waals surface area contributed by atoms with E-state index in [2.05, 4.69) is 10.6 Å². The van der Waals surface area contributed by atoms with Gasteiger partial charge in [-0.05, 0) is 30.4 Å². The fourth-order valence-electron chi connectivity index (χ4n) is 3.00. The van der Waals surface area contributed by atoms with E-state index in [1.807, 2.05) is 4.90 Å². The highest BCUT2D eigenvalue weighted by Gasteiger charge is 2.23. The number of carboxylic acid groups (broad SMARTS) is 1. The van der Waals surface area contributed by atoms with Crippen molar-refractivity contribution in [3.8, 4) is 0 Å². The number of amides is 1. The Morgan fingerprint density at radius 1 is 1.13 bits per heavy atom. The monoisotopic (exact) mass is 430 g/mol. The summed E-state index contributed by atoms with van der Waals surface area (Å²) in [4.78, 5) is 36.7. The van der Waals surface area contributed by atoms with Crippen molar-refractivity contribution in [3.05, 3.63) is 63.7 Å². The van der Waals surface area contributed by atoms with Crippen LogP contribution in [-0.4, -0.2) is 53.3 Å². The van der Waals surface area contributed by atoms with Gasteiger partial charge in [0.2, 0.25) is 0 Å². The Labute approximate surface area is 176 Å². The molecule has 0 unspecified atom stereocenters. The predicted octanol–water partition coefficient (Wildman–Crippen LogP) is 2.26. The molecule has 11 heteroatoms. The third kappa shape index (κ3) is 4.88. The highest BCUT2D eigenvalue weighted by atomic mass is 32.1. The van der Waals surface area contributed by atoms with Gasteiger partial charge in [0.05, 0.1) is 40.6 Å². The first kappa shape index (κ1) is 21.1. The predicted molar refractivity (Wildman–Crippen MR) is 113 cm³/mol. The molecule has 0 atom stereocenters. The normalized spacial score (nSPS) is 13.4. The minimum absolute atomic E-state index is 0.0153. The lowest BCUT2D eigenvalue weighted by molar-refractivity contribution is -0.384. The number of nitro benzene ring substituents is 1. The summed E-state index contributed by atoms with van der Waals surface area (Å²) in [5, 5.41) is 25.4. The third-order valence-electron chi connectivity index (χ3n) is 4.42. The summed E-state index contributed by atoms with van der Waals surface area (Å²) in [5.41, 5.74) is 0.574. The van der Waals surface area contributed by atoms with Gasteiger partial charge in [-0.3, -0.25) is 20.2 Å². The van der Waals surface area contributed by atoms with Crippen molar-refractivity contribution in [1.29, 1.82) is 0 Å². The van der Waals surface area contributed by atoms with Gasteiger partial charge in [-0.15, -0.1) is 0 Å². The lowest BCUT2D eigenvalue weighted by Crippen LogP contribution is -2.39. The van der Waals surface area contributed by atoms with Gasteiger partial charge in [-0.2, -0.15) is 0 Å². The molecule has 30 heavy (non-hydrogen) atoms. The van der Waals surface area contributed by atoms with Crippen molar-refractivity contribution in [2.24, 2.45) is 0 Å².